The Bertz CT molecular complexity index is 638. The summed E-state index contributed by atoms with van der Waals surface area (Å²) in [4.78, 5) is 7.88. The third-order valence-corrected chi connectivity index (χ3v) is 3.55. The fourth-order valence-electron chi connectivity index (χ4n) is 2.38. The maximum Gasteiger partial charge on any atom is 0.153 e. The number of hydrogen-bond acceptors (Lipinski definition) is 3. The molecule has 1 N–H and O–H groups in total. The Morgan fingerprint density at radius 1 is 1.50 bits per heavy atom. The van der Waals surface area contributed by atoms with Crippen LogP contribution in [-0.2, 0) is 0 Å². The Balaban J connectivity index is 2.14. The van der Waals surface area contributed by atoms with Gasteiger partial charge in [-0.1, -0.05) is 17.7 Å². The van der Waals surface area contributed by atoms with E-state index in [1.165, 1.54) is 12.5 Å². The molecule has 0 spiro atoms. The van der Waals surface area contributed by atoms with Crippen molar-refractivity contribution in [1.29, 1.82) is 0 Å². The third-order valence-electron chi connectivity index (χ3n) is 3.27. The average molecular weight is 268 g/mol. The van der Waals surface area contributed by atoms with E-state index in [0.29, 0.717) is 5.65 Å². The summed E-state index contributed by atoms with van der Waals surface area (Å²) in [6.45, 7) is 0.0495. The molecule has 0 saturated carbocycles. The van der Waals surface area contributed by atoms with Crippen LogP contribution in [0.4, 0.5) is 4.39 Å². The van der Waals surface area contributed by atoms with Gasteiger partial charge in [0.1, 0.15) is 17.1 Å². The highest BCUT2D eigenvalue weighted by molar-refractivity contribution is 6.34. The highest BCUT2D eigenvalue weighted by atomic mass is 35.5. The normalized spacial score (nSPS) is 19.5. The van der Waals surface area contributed by atoms with Crippen molar-refractivity contribution in [2.24, 2.45) is 0 Å². The summed E-state index contributed by atoms with van der Waals surface area (Å²) in [6.07, 6.45) is 6.33. The molecule has 2 aromatic heterocycles. The molecule has 0 aliphatic heterocycles. The van der Waals surface area contributed by atoms with Crippen LogP contribution in [-0.4, -0.2) is 26.2 Å². The molecule has 0 amide bonds. The fourth-order valence-corrected chi connectivity index (χ4v) is 2.60. The number of rotatable bonds is 2. The summed E-state index contributed by atoms with van der Waals surface area (Å²) < 4.78 is 15.6. The molecular formula is C12H11ClFN3O. The van der Waals surface area contributed by atoms with Crippen molar-refractivity contribution in [3.05, 3.63) is 35.1 Å². The summed E-state index contributed by atoms with van der Waals surface area (Å²) in [7, 11) is 0. The van der Waals surface area contributed by atoms with Crippen molar-refractivity contribution in [3.8, 4) is 0 Å². The molecule has 2 aromatic rings. The van der Waals surface area contributed by atoms with Gasteiger partial charge in [0, 0.05) is 6.20 Å². The number of nitrogens with zero attached hydrogens (tertiary/aromatic N) is 3. The lowest BCUT2D eigenvalue weighted by Crippen LogP contribution is -2.03. The highest BCUT2D eigenvalue weighted by Gasteiger charge is 2.22. The van der Waals surface area contributed by atoms with Gasteiger partial charge in [0.2, 0.25) is 0 Å². The second-order valence-corrected chi connectivity index (χ2v) is 4.69. The molecule has 4 nitrogen and oxygen atoms in total. The van der Waals surface area contributed by atoms with Crippen molar-refractivity contribution >= 4 is 22.6 Å². The van der Waals surface area contributed by atoms with E-state index in [0.717, 1.165) is 18.4 Å². The predicted molar refractivity (Wildman–Crippen MR) is 65.9 cm³/mol. The molecule has 18 heavy (non-hydrogen) atoms. The van der Waals surface area contributed by atoms with Crippen LogP contribution in [0.2, 0.25) is 5.15 Å². The molecule has 94 valence electrons. The van der Waals surface area contributed by atoms with E-state index in [1.54, 1.807) is 4.57 Å². The van der Waals surface area contributed by atoms with Crippen molar-refractivity contribution in [1.82, 2.24) is 14.5 Å². The summed E-state index contributed by atoms with van der Waals surface area (Å²) in [5.41, 5.74) is 1.47. The lowest BCUT2D eigenvalue weighted by atomic mass is 10.2. The maximum absolute atomic E-state index is 13.8. The second-order valence-electron chi connectivity index (χ2n) is 4.34. The number of allylic oxidation sites excluding steroid dienone is 1. The van der Waals surface area contributed by atoms with Crippen LogP contribution in [0.5, 0.6) is 0 Å². The molecule has 0 fully saturated rings. The molecule has 1 unspecified atom stereocenters. The number of aliphatic hydroxyl groups excluding tert-OH is 1. The number of hydrogen-bond donors (Lipinski definition) is 1. The Labute approximate surface area is 108 Å². The van der Waals surface area contributed by atoms with Crippen LogP contribution in [0, 0.1) is 5.82 Å². The highest BCUT2D eigenvalue weighted by Crippen LogP contribution is 2.33. The first kappa shape index (κ1) is 11.6. The largest absolute Gasteiger partial charge is 0.392 e. The van der Waals surface area contributed by atoms with E-state index in [-0.39, 0.29) is 23.2 Å². The quantitative estimate of drug-likeness (QED) is 0.672. The standard InChI is InChI=1S/C12H11ClFN3O/c13-11-10-9(14)4-17(12(10)16-6-15-11)8-2-1-7(3-8)5-18/h3-4,6,8,18H,1-2,5H2. The van der Waals surface area contributed by atoms with E-state index < -0.39 is 5.82 Å². The van der Waals surface area contributed by atoms with Gasteiger partial charge in [-0.3, -0.25) is 0 Å². The molecule has 0 aromatic carbocycles. The SMILES string of the molecule is OCC1=CC(n2cc(F)c3c(Cl)ncnc32)CC1. The molecule has 0 radical (unpaired) electrons. The number of aliphatic hydroxyl groups is 1. The number of aromatic nitrogens is 3. The third kappa shape index (κ3) is 1.71. The first-order chi connectivity index (χ1) is 8.70. The van der Waals surface area contributed by atoms with Gasteiger partial charge >= 0.3 is 0 Å². The first-order valence-electron chi connectivity index (χ1n) is 5.67. The van der Waals surface area contributed by atoms with Crippen LogP contribution < -0.4 is 0 Å². The minimum atomic E-state index is -0.415. The Kier molecular flexibility index (Phi) is 2.80. The fraction of sp³-hybridized carbons (Fsp3) is 0.333. The molecule has 1 aliphatic rings. The zero-order chi connectivity index (χ0) is 12.7. The Hall–Kier alpha value is -1.46. The van der Waals surface area contributed by atoms with Gasteiger partial charge in [0.05, 0.1) is 18.0 Å². The van der Waals surface area contributed by atoms with Gasteiger partial charge in [-0.2, -0.15) is 0 Å². The van der Waals surface area contributed by atoms with Gasteiger partial charge in [-0.15, -0.1) is 0 Å². The lowest BCUT2D eigenvalue weighted by Gasteiger charge is -2.10. The number of halogens is 2. The van der Waals surface area contributed by atoms with Crippen molar-refractivity contribution in [2.45, 2.75) is 18.9 Å². The summed E-state index contributed by atoms with van der Waals surface area (Å²) in [5, 5.41) is 9.48. The van der Waals surface area contributed by atoms with E-state index in [9.17, 15) is 4.39 Å². The van der Waals surface area contributed by atoms with Crippen LogP contribution in [0.3, 0.4) is 0 Å². The van der Waals surface area contributed by atoms with E-state index >= 15 is 0 Å². The van der Waals surface area contributed by atoms with Crippen molar-refractivity contribution < 1.29 is 9.50 Å². The van der Waals surface area contributed by atoms with Gasteiger partial charge in [0.15, 0.2) is 5.82 Å². The molecule has 0 bridgehead atoms. The van der Waals surface area contributed by atoms with Gasteiger partial charge in [0.25, 0.3) is 0 Å². The topological polar surface area (TPSA) is 50.9 Å². The Morgan fingerprint density at radius 3 is 3.06 bits per heavy atom. The predicted octanol–water partition coefficient (Wildman–Crippen LogP) is 2.48. The zero-order valence-corrected chi connectivity index (χ0v) is 10.2. The summed E-state index contributed by atoms with van der Waals surface area (Å²) >= 11 is 5.88. The number of fused-ring (bicyclic) bond motifs is 1. The molecule has 3 rings (SSSR count). The van der Waals surface area contributed by atoms with Crippen LogP contribution in [0.25, 0.3) is 11.0 Å². The molecular weight excluding hydrogens is 257 g/mol. The Morgan fingerprint density at radius 2 is 2.33 bits per heavy atom. The van der Waals surface area contributed by atoms with E-state index in [1.807, 2.05) is 6.08 Å². The molecule has 0 saturated heterocycles. The average Bonchev–Trinajstić information content (AvgIpc) is 2.94. The van der Waals surface area contributed by atoms with Crippen molar-refractivity contribution in [3.63, 3.8) is 0 Å². The van der Waals surface area contributed by atoms with Crippen LogP contribution in [0.1, 0.15) is 18.9 Å². The van der Waals surface area contributed by atoms with Gasteiger partial charge < -0.3 is 9.67 Å². The van der Waals surface area contributed by atoms with Gasteiger partial charge in [-0.05, 0) is 18.4 Å². The minimum absolute atomic E-state index is 0.0186. The molecule has 1 atom stereocenters. The first-order valence-corrected chi connectivity index (χ1v) is 6.05. The monoisotopic (exact) mass is 267 g/mol. The molecule has 1 aliphatic carbocycles. The van der Waals surface area contributed by atoms with Gasteiger partial charge in [-0.25, -0.2) is 14.4 Å². The maximum atomic E-state index is 13.8. The smallest absolute Gasteiger partial charge is 0.153 e. The van der Waals surface area contributed by atoms with Crippen LogP contribution in [0.15, 0.2) is 24.2 Å². The second kappa shape index (κ2) is 4.33. The van der Waals surface area contributed by atoms with Crippen molar-refractivity contribution in [2.75, 3.05) is 6.61 Å². The summed E-state index contributed by atoms with van der Waals surface area (Å²) in [5.74, 6) is -0.415. The van der Waals surface area contributed by atoms with E-state index in [2.05, 4.69) is 9.97 Å². The lowest BCUT2D eigenvalue weighted by molar-refractivity contribution is 0.328. The zero-order valence-electron chi connectivity index (χ0n) is 9.48. The molecule has 6 heteroatoms. The molecule has 2 heterocycles. The van der Waals surface area contributed by atoms with E-state index in [4.69, 9.17) is 16.7 Å². The summed E-state index contributed by atoms with van der Waals surface area (Å²) in [6, 6.07) is 0.0186. The van der Waals surface area contributed by atoms with Crippen LogP contribution >= 0.6 is 11.6 Å². The minimum Gasteiger partial charge on any atom is -0.392 e.